The van der Waals surface area contributed by atoms with E-state index in [-0.39, 0.29) is 10.9 Å². The number of nitrogens with zero attached hydrogens (tertiary/aromatic N) is 3. The predicted octanol–water partition coefficient (Wildman–Crippen LogP) is 4.89. The minimum absolute atomic E-state index is 0.107. The average Bonchev–Trinajstić information content (AvgIpc) is 3.03. The molecule has 0 aliphatic carbocycles. The molecule has 1 amide bonds. The third kappa shape index (κ3) is 5.49. The van der Waals surface area contributed by atoms with Gasteiger partial charge in [0.15, 0.2) is 5.16 Å². The Labute approximate surface area is 167 Å². The van der Waals surface area contributed by atoms with E-state index >= 15 is 0 Å². The zero-order valence-corrected chi connectivity index (χ0v) is 15.9. The lowest BCUT2D eigenvalue weighted by Gasteiger charge is -2.14. The molecule has 0 saturated carbocycles. The quantitative estimate of drug-likeness (QED) is 0.570. The first kappa shape index (κ1) is 20.2. The lowest BCUT2D eigenvalue weighted by molar-refractivity contribution is -0.141. The number of carbonyl (C=O) groups is 1. The lowest BCUT2D eigenvalue weighted by atomic mass is 10.2. The number of aromatic nitrogens is 3. The molecule has 0 radical (unpaired) electrons. The predicted molar refractivity (Wildman–Crippen MR) is 102 cm³/mol. The van der Waals surface area contributed by atoms with Crippen molar-refractivity contribution >= 4 is 35.1 Å². The Morgan fingerprint density at radius 2 is 1.86 bits per heavy atom. The van der Waals surface area contributed by atoms with Crippen LogP contribution in [0.5, 0.6) is 0 Å². The van der Waals surface area contributed by atoms with Crippen molar-refractivity contribution < 1.29 is 18.0 Å². The molecule has 0 fully saturated rings. The lowest BCUT2D eigenvalue weighted by Crippen LogP contribution is -2.20. The van der Waals surface area contributed by atoms with Crippen LogP contribution in [-0.2, 0) is 11.3 Å². The number of pyridine rings is 1. The fraction of sp³-hybridized carbons (Fsp3) is 0.167. The molecule has 10 heteroatoms. The Morgan fingerprint density at radius 1 is 1.11 bits per heavy atom. The second-order valence-electron chi connectivity index (χ2n) is 5.69. The molecular weight excluding hydrogens is 413 g/mol. The van der Waals surface area contributed by atoms with Gasteiger partial charge in [-0.15, -0.1) is 0 Å². The maximum Gasteiger partial charge on any atom is 0.406 e. The molecule has 0 saturated heterocycles. The SMILES string of the molecule is O=C(CSc1ncc(-c2ccccc2)n1CC(F)(F)F)Nc1ccc(Cl)cn1. The summed E-state index contributed by atoms with van der Waals surface area (Å²) in [5.41, 5.74) is 0.945. The summed E-state index contributed by atoms with van der Waals surface area (Å²) in [4.78, 5) is 20.1. The number of carbonyl (C=O) groups excluding carboxylic acids is 1. The second kappa shape index (κ2) is 8.66. The van der Waals surface area contributed by atoms with E-state index in [1.807, 2.05) is 0 Å². The molecule has 5 nitrogen and oxygen atoms in total. The minimum atomic E-state index is -4.42. The van der Waals surface area contributed by atoms with E-state index in [1.165, 1.54) is 18.5 Å². The molecular formula is C18H14ClF3N4OS. The molecule has 3 aromatic rings. The van der Waals surface area contributed by atoms with Crippen molar-refractivity contribution in [3.05, 3.63) is 59.9 Å². The molecule has 0 atom stereocenters. The molecule has 0 aliphatic heterocycles. The van der Waals surface area contributed by atoms with E-state index in [0.29, 0.717) is 22.1 Å². The van der Waals surface area contributed by atoms with Crippen LogP contribution < -0.4 is 5.32 Å². The fourth-order valence-corrected chi connectivity index (χ4v) is 3.29. The van der Waals surface area contributed by atoms with E-state index in [9.17, 15) is 18.0 Å². The first-order chi connectivity index (χ1) is 13.3. The highest BCUT2D eigenvalue weighted by Crippen LogP contribution is 2.30. The zero-order valence-electron chi connectivity index (χ0n) is 14.3. The van der Waals surface area contributed by atoms with Gasteiger partial charge in [-0.1, -0.05) is 53.7 Å². The Kier molecular flexibility index (Phi) is 6.25. The van der Waals surface area contributed by atoms with Crippen molar-refractivity contribution in [1.29, 1.82) is 0 Å². The van der Waals surface area contributed by atoms with Crippen LogP contribution in [0.25, 0.3) is 11.3 Å². The maximum absolute atomic E-state index is 13.1. The standard InChI is InChI=1S/C18H14ClF3N4OS/c19-13-6-7-15(23-8-13)25-16(27)10-28-17-24-9-14(12-4-2-1-3-5-12)26(17)11-18(20,21)22/h1-9H,10-11H2,(H,23,25,27). The zero-order chi connectivity index (χ0) is 20.1. The molecule has 0 aliphatic rings. The summed E-state index contributed by atoms with van der Waals surface area (Å²) in [6.07, 6.45) is -1.66. The smallest absolute Gasteiger partial charge is 0.310 e. The number of anilines is 1. The van der Waals surface area contributed by atoms with E-state index in [1.54, 1.807) is 36.4 Å². The first-order valence-corrected chi connectivity index (χ1v) is 9.40. The van der Waals surface area contributed by atoms with E-state index in [2.05, 4.69) is 15.3 Å². The largest absolute Gasteiger partial charge is 0.406 e. The number of amides is 1. The van der Waals surface area contributed by atoms with Crippen molar-refractivity contribution in [2.45, 2.75) is 17.9 Å². The van der Waals surface area contributed by atoms with Gasteiger partial charge in [-0.25, -0.2) is 9.97 Å². The normalized spacial score (nSPS) is 11.4. The summed E-state index contributed by atoms with van der Waals surface area (Å²) in [6, 6.07) is 11.8. The summed E-state index contributed by atoms with van der Waals surface area (Å²) in [6.45, 7) is -1.19. The number of benzene rings is 1. The van der Waals surface area contributed by atoms with E-state index in [0.717, 1.165) is 16.3 Å². The third-order valence-corrected chi connectivity index (χ3v) is 4.77. The molecule has 1 aromatic carbocycles. The van der Waals surface area contributed by atoms with Crippen molar-refractivity contribution in [2.75, 3.05) is 11.1 Å². The summed E-state index contributed by atoms with van der Waals surface area (Å²) in [7, 11) is 0. The van der Waals surface area contributed by atoms with Crippen LogP contribution in [0, 0.1) is 0 Å². The highest BCUT2D eigenvalue weighted by molar-refractivity contribution is 7.99. The summed E-state index contributed by atoms with van der Waals surface area (Å²) in [5.74, 6) is -0.228. The topological polar surface area (TPSA) is 59.8 Å². The van der Waals surface area contributed by atoms with E-state index in [4.69, 9.17) is 11.6 Å². The van der Waals surface area contributed by atoms with Crippen LogP contribution >= 0.6 is 23.4 Å². The molecule has 0 unspecified atom stereocenters. The number of hydrogen-bond donors (Lipinski definition) is 1. The summed E-state index contributed by atoms with van der Waals surface area (Å²) >= 11 is 6.65. The molecule has 3 rings (SSSR count). The molecule has 2 heterocycles. The van der Waals surface area contributed by atoms with Crippen LogP contribution in [0.1, 0.15) is 0 Å². The number of hydrogen-bond acceptors (Lipinski definition) is 4. The van der Waals surface area contributed by atoms with Gasteiger partial charge in [0.05, 0.1) is 22.7 Å². The van der Waals surface area contributed by atoms with E-state index < -0.39 is 18.6 Å². The van der Waals surface area contributed by atoms with Gasteiger partial charge in [0.25, 0.3) is 0 Å². The number of nitrogens with one attached hydrogen (secondary N) is 1. The van der Waals surface area contributed by atoms with Gasteiger partial charge in [0.1, 0.15) is 12.4 Å². The number of alkyl halides is 3. The summed E-state index contributed by atoms with van der Waals surface area (Å²) < 4.78 is 40.2. The van der Waals surface area contributed by atoms with Gasteiger partial charge in [-0.05, 0) is 17.7 Å². The third-order valence-electron chi connectivity index (χ3n) is 3.55. The number of rotatable bonds is 6. The second-order valence-corrected chi connectivity index (χ2v) is 7.07. The van der Waals surface area contributed by atoms with Crippen LogP contribution in [0.4, 0.5) is 19.0 Å². The molecule has 0 spiro atoms. The van der Waals surface area contributed by atoms with Gasteiger partial charge in [0.2, 0.25) is 5.91 Å². The van der Waals surface area contributed by atoms with Crippen molar-refractivity contribution in [1.82, 2.24) is 14.5 Å². The van der Waals surface area contributed by atoms with Crippen LogP contribution in [0.2, 0.25) is 5.02 Å². The van der Waals surface area contributed by atoms with Gasteiger partial charge < -0.3 is 9.88 Å². The molecule has 2 aromatic heterocycles. The Hall–Kier alpha value is -2.52. The fourth-order valence-electron chi connectivity index (χ4n) is 2.40. The van der Waals surface area contributed by atoms with Crippen molar-refractivity contribution in [3.8, 4) is 11.3 Å². The molecule has 0 bridgehead atoms. The number of imidazole rings is 1. The number of halogens is 4. The van der Waals surface area contributed by atoms with Crippen LogP contribution in [0.15, 0.2) is 60.0 Å². The van der Waals surface area contributed by atoms with Crippen LogP contribution in [-0.4, -0.2) is 32.4 Å². The van der Waals surface area contributed by atoms with Crippen LogP contribution in [0.3, 0.4) is 0 Å². The average molecular weight is 427 g/mol. The Morgan fingerprint density at radius 3 is 2.50 bits per heavy atom. The monoisotopic (exact) mass is 426 g/mol. The highest BCUT2D eigenvalue weighted by Gasteiger charge is 2.31. The van der Waals surface area contributed by atoms with Crippen molar-refractivity contribution in [3.63, 3.8) is 0 Å². The number of thioether (sulfide) groups is 1. The van der Waals surface area contributed by atoms with Gasteiger partial charge in [0, 0.05) is 6.20 Å². The summed E-state index contributed by atoms with van der Waals surface area (Å²) in [5, 5.41) is 3.09. The Bertz CT molecular complexity index is 946. The molecule has 1 N–H and O–H groups in total. The van der Waals surface area contributed by atoms with Gasteiger partial charge in [-0.2, -0.15) is 13.2 Å². The maximum atomic E-state index is 13.1. The Balaban J connectivity index is 1.75. The first-order valence-electron chi connectivity index (χ1n) is 8.04. The van der Waals surface area contributed by atoms with Crippen molar-refractivity contribution in [2.24, 2.45) is 0 Å². The molecule has 28 heavy (non-hydrogen) atoms. The van der Waals surface area contributed by atoms with Gasteiger partial charge in [-0.3, -0.25) is 4.79 Å². The highest BCUT2D eigenvalue weighted by atomic mass is 35.5. The van der Waals surface area contributed by atoms with Gasteiger partial charge >= 0.3 is 6.18 Å². The molecule has 146 valence electrons. The minimum Gasteiger partial charge on any atom is -0.310 e.